The Balaban J connectivity index is 1.32. The van der Waals surface area contributed by atoms with Gasteiger partial charge in [-0.15, -0.1) is 0 Å². The first-order valence-corrected chi connectivity index (χ1v) is 11.7. The van der Waals surface area contributed by atoms with E-state index in [0.717, 1.165) is 43.6 Å². The highest BCUT2D eigenvalue weighted by Crippen LogP contribution is 2.66. The Bertz CT molecular complexity index is 727. The highest BCUT2D eigenvalue weighted by molar-refractivity contribution is 5.79. The van der Waals surface area contributed by atoms with Crippen LogP contribution in [-0.2, 0) is 16.1 Å². The molecule has 1 aromatic carbocycles. The van der Waals surface area contributed by atoms with Gasteiger partial charge in [0, 0.05) is 12.8 Å². The second-order valence-electron chi connectivity index (χ2n) is 10.8. The molecule has 152 valence electrons. The molecule has 4 aliphatic carbocycles. The number of rotatable bonds is 3. The van der Waals surface area contributed by atoms with Gasteiger partial charge in [-0.3, -0.25) is 4.79 Å². The summed E-state index contributed by atoms with van der Waals surface area (Å²) >= 11 is 0. The number of carbonyl (C=O) groups is 1. The molecule has 0 bridgehead atoms. The van der Waals surface area contributed by atoms with E-state index in [1.807, 2.05) is 0 Å². The fraction of sp³-hybridized carbons (Fsp3) is 0.731. The summed E-state index contributed by atoms with van der Waals surface area (Å²) in [5, 5.41) is 0. The van der Waals surface area contributed by atoms with Crippen molar-refractivity contribution in [1.82, 2.24) is 0 Å². The largest absolute Gasteiger partial charge is 0.373 e. The summed E-state index contributed by atoms with van der Waals surface area (Å²) in [5.41, 5.74) is 2.06. The minimum Gasteiger partial charge on any atom is -0.373 e. The molecule has 0 radical (unpaired) electrons. The Morgan fingerprint density at radius 2 is 1.71 bits per heavy atom. The van der Waals surface area contributed by atoms with Crippen molar-refractivity contribution in [2.45, 2.75) is 84.3 Å². The Hall–Kier alpha value is -1.15. The van der Waals surface area contributed by atoms with Crippen LogP contribution in [0.5, 0.6) is 0 Å². The van der Waals surface area contributed by atoms with Gasteiger partial charge >= 0.3 is 0 Å². The molecular weight excluding hydrogens is 344 g/mol. The molecule has 1 aromatic rings. The molecule has 2 heteroatoms. The van der Waals surface area contributed by atoms with Crippen LogP contribution >= 0.6 is 0 Å². The molecule has 0 amide bonds. The van der Waals surface area contributed by atoms with Gasteiger partial charge in [0.15, 0.2) is 0 Å². The first kappa shape index (κ1) is 18.9. The summed E-state index contributed by atoms with van der Waals surface area (Å²) < 4.78 is 6.54. The van der Waals surface area contributed by atoms with Crippen LogP contribution < -0.4 is 0 Å². The third kappa shape index (κ3) is 2.90. The number of benzene rings is 1. The molecule has 0 unspecified atom stereocenters. The van der Waals surface area contributed by atoms with Crippen molar-refractivity contribution in [3.8, 4) is 0 Å². The van der Waals surface area contributed by atoms with Crippen molar-refractivity contribution in [3.05, 3.63) is 35.9 Å². The van der Waals surface area contributed by atoms with Crippen LogP contribution in [-0.4, -0.2) is 11.9 Å². The molecule has 2 nitrogen and oxygen atoms in total. The van der Waals surface area contributed by atoms with E-state index in [1.54, 1.807) is 0 Å². The van der Waals surface area contributed by atoms with E-state index in [0.29, 0.717) is 28.6 Å². The number of hydrogen-bond donors (Lipinski definition) is 0. The molecule has 0 saturated heterocycles. The van der Waals surface area contributed by atoms with Gasteiger partial charge in [0.1, 0.15) is 5.78 Å². The van der Waals surface area contributed by atoms with Crippen LogP contribution in [0.3, 0.4) is 0 Å². The van der Waals surface area contributed by atoms with Gasteiger partial charge in [-0.1, -0.05) is 44.2 Å². The van der Waals surface area contributed by atoms with Crippen LogP contribution in [0.2, 0.25) is 0 Å². The maximum atomic E-state index is 12.1. The van der Waals surface area contributed by atoms with Crippen molar-refractivity contribution in [3.63, 3.8) is 0 Å². The highest BCUT2D eigenvalue weighted by Gasteiger charge is 2.60. The Morgan fingerprint density at radius 1 is 0.929 bits per heavy atom. The van der Waals surface area contributed by atoms with Crippen molar-refractivity contribution in [2.24, 2.45) is 34.5 Å². The van der Waals surface area contributed by atoms with E-state index in [-0.39, 0.29) is 0 Å². The standard InChI is InChI=1S/C26H36O2/c1-25-14-12-20(27)16-19(25)8-9-21-22-10-11-24(26(22,2)15-13-23(21)25)28-17-18-6-4-3-5-7-18/h3-7,19,21-24H,8-17H2,1-2H3/t19-,21-,22-,23+,24-,25-,26-/m0/s1. The zero-order valence-corrected chi connectivity index (χ0v) is 17.7. The second kappa shape index (κ2) is 6.97. The number of Topliss-reactive ketones (excluding diaryl/α,β-unsaturated/α-hetero) is 1. The Morgan fingerprint density at radius 3 is 2.54 bits per heavy atom. The van der Waals surface area contributed by atoms with Crippen LogP contribution in [0.4, 0.5) is 0 Å². The van der Waals surface area contributed by atoms with Crippen LogP contribution in [0.25, 0.3) is 0 Å². The maximum Gasteiger partial charge on any atom is 0.133 e. The summed E-state index contributed by atoms with van der Waals surface area (Å²) in [4.78, 5) is 12.1. The monoisotopic (exact) mass is 380 g/mol. The van der Waals surface area contributed by atoms with E-state index in [2.05, 4.69) is 44.2 Å². The SMILES string of the molecule is C[C@]12CCC(=O)C[C@@H]1CC[C@@H]1[C@H]2CC[C@]2(C)[C@@H](OCc3ccccc3)CC[C@@H]12. The first-order valence-electron chi connectivity index (χ1n) is 11.7. The smallest absolute Gasteiger partial charge is 0.133 e. The number of fused-ring (bicyclic) bond motifs is 5. The van der Waals surface area contributed by atoms with Gasteiger partial charge < -0.3 is 4.74 Å². The van der Waals surface area contributed by atoms with Crippen molar-refractivity contribution in [1.29, 1.82) is 0 Å². The Labute approximate surface area is 170 Å². The number of hydrogen-bond acceptors (Lipinski definition) is 2. The summed E-state index contributed by atoms with van der Waals surface area (Å²) in [6, 6.07) is 10.7. The van der Waals surface area contributed by atoms with Crippen molar-refractivity contribution in [2.75, 3.05) is 0 Å². The van der Waals surface area contributed by atoms with E-state index in [4.69, 9.17) is 4.74 Å². The molecule has 0 aliphatic heterocycles. The zero-order chi connectivity index (χ0) is 19.4. The molecule has 4 fully saturated rings. The average Bonchev–Trinajstić information content (AvgIpc) is 3.04. The molecule has 0 aromatic heterocycles. The molecule has 28 heavy (non-hydrogen) atoms. The van der Waals surface area contributed by atoms with Gasteiger partial charge in [-0.2, -0.15) is 0 Å². The van der Waals surface area contributed by atoms with Crippen LogP contribution in [0, 0.1) is 34.5 Å². The normalized spacial score (nSPS) is 45.2. The highest BCUT2D eigenvalue weighted by atomic mass is 16.5. The molecular formula is C26H36O2. The molecule has 0 heterocycles. The average molecular weight is 381 g/mol. The number of carbonyl (C=O) groups excluding carboxylic acids is 1. The molecule has 0 N–H and O–H groups in total. The summed E-state index contributed by atoms with van der Waals surface area (Å²) in [6.45, 7) is 5.83. The third-order valence-corrected chi connectivity index (χ3v) is 9.69. The lowest BCUT2D eigenvalue weighted by Gasteiger charge is -2.60. The van der Waals surface area contributed by atoms with Gasteiger partial charge in [0.25, 0.3) is 0 Å². The van der Waals surface area contributed by atoms with E-state index < -0.39 is 0 Å². The molecule has 4 saturated carbocycles. The number of ketones is 1. The summed E-state index contributed by atoms with van der Waals surface area (Å²) in [7, 11) is 0. The minimum absolute atomic E-state index is 0.351. The summed E-state index contributed by atoms with van der Waals surface area (Å²) in [5.74, 6) is 3.70. The predicted molar refractivity (Wildman–Crippen MR) is 112 cm³/mol. The zero-order valence-electron chi connectivity index (χ0n) is 17.7. The maximum absolute atomic E-state index is 12.1. The van der Waals surface area contributed by atoms with Crippen molar-refractivity contribution < 1.29 is 9.53 Å². The molecule has 7 atom stereocenters. The lowest BCUT2D eigenvalue weighted by Crippen LogP contribution is -2.54. The minimum atomic E-state index is 0.351. The quantitative estimate of drug-likeness (QED) is 0.625. The van der Waals surface area contributed by atoms with Crippen molar-refractivity contribution >= 4 is 5.78 Å². The molecule has 0 spiro atoms. The molecule has 5 rings (SSSR count). The van der Waals surface area contributed by atoms with E-state index in [1.165, 1.54) is 44.1 Å². The molecule has 4 aliphatic rings. The third-order valence-electron chi connectivity index (χ3n) is 9.69. The second-order valence-corrected chi connectivity index (χ2v) is 10.8. The lowest BCUT2D eigenvalue weighted by molar-refractivity contribution is -0.146. The summed E-state index contributed by atoms with van der Waals surface area (Å²) in [6.07, 6.45) is 11.1. The van der Waals surface area contributed by atoms with E-state index in [9.17, 15) is 4.79 Å². The fourth-order valence-corrected chi connectivity index (χ4v) is 8.04. The predicted octanol–water partition coefficient (Wildman–Crippen LogP) is 6.18. The van der Waals surface area contributed by atoms with Crippen LogP contribution in [0.1, 0.15) is 77.2 Å². The van der Waals surface area contributed by atoms with Gasteiger partial charge in [0.2, 0.25) is 0 Å². The topological polar surface area (TPSA) is 26.3 Å². The van der Waals surface area contributed by atoms with E-state index >= 15 is 0 Å². The Kier molecular flexibility index (Phi) is 4.69. The lowest BCUT2D eigenvalue weighted by atomic mass is 9.45. The first-order chi connectivity index (χ1) is 13.5. The van der Waals surface area contributed by atoms with Gasteiger partial charge in [-0.25, -0.2) is 0 Å². The fourth-order valence-electron chi connectivity index (χ4n) is 8.04. The van der Waals surface area contributed by atoms with Crippen LogP contribution in [0.15, 0.2) is 30.3 Å². The number of ether oxygens (including phenoxy) is 1. The van der Waals surface area contributed by atoms with Gasteiger partial charge in [0.05, 0.1) is 12.7 Å². The van der Waals surface area contributed by atoms with Gasteiger partial charge in [-0.05, 0) is 85.0 Å².